The second-order valence-corrected chi connectivity index (χ2v) is 7.05. The summed E-state index contributed by atoms with van der Waals surface area (Å²) in [5.41, 5.74) is -0.634. The number of aliphatic carboxylic acids is 1. The van der Waals surface area contributed by atoms with Gasteiger partial charge in [-0.2, -0.15) is 0 Å². The molecule has 0 aromatic carbocycles. The monoisotopic (exact) mass is 295 g/mol. The Labute approximate surface area is 125 Å². The maximum absolute atomic E-state index is 12.6. The predicted octanol–water partition coefficient (Wildman–Crippen LogP) is 2.30. The normalized spacial score (nSPS) is 33.8. The first-order valence-electron chi connectivity index (χ1n) is 7.85. The Bertz CT molecular complexity index is 459. The van der Waals surface area contributed by atoms with Gasteiger partial charge in [0.25, 0.3) is 0 Å². The van der Waals surface area contributed by atoms with E-state index >= 15 is 0 Å². The first-order valence-corrected chi connectivity index (χ1v) is 7.85. The third-order valence-corrected chi connectivity index (χ3v) is 5.47. The van der Waals surface area contributed by atoms with Crippen molar-refractivity contribution in [2.45, 2.75) is 52.9 Å². The number of carboxylic acid groups (broad SMARTS) is 1. The van der Waals surface area contributed by atoms with Gasteiger partial charge in [-0.15, -0.1) is 0 Å². The topological polar surface area (TPSA) is 74.7 Å². The molecule has 1 heterocycles. The number of carbonyl (C=O) groups excluding carboxylic acids is 2. The third-order valence-electron chi connectivity index (χ3n) is 5.47. The standard InChI is InChI=1S/C16H25NO4/c1-10(2)16(3)8-13(18)17(15(16)21)9-11-6-4-5-7-12(11)14(19)20/h10-12H,4-9H2,1-3H3,(H,19,20). The van der Waals surface area contributed by atoms with Crippen LogP contribution in [0.5, 0.6) is 0 Å². The molecule has 5 heteroatoms. The summed E-state index contributed by atoms with van der Waals surface area (Å²) in [6, 6.07) is 0. The van der Waals surface area contributed by atoms with Crippen molar-refractivity contribution in [3.05, 3.63) is 0 Å². The van der Waals surface area contributed by atoms with Gasteiger partial charge < -0.3 is 5.11 Å². The van der Waals surface area contributed by atoms with Gasteiger partial charge in [0.05, 0.1) is 11.3 Å². The van der Waals surface area contributed by atoms with Crippen molar-refractivity contribution >= 4 is 17.8 Å². The summed E-state index contributed by atoms with van der Waals surface area (Å²) in [7, 11) is 0. The number of rotatable bonds is 4. The summed E-state index contributed by atoms with van der Waals surface area (Å²) in [6.07, 6.45) is 3.57. The summed E-state index contributed by atoms with van der Waals surface area (Å²) in [5, 5.41) is 9.32. The van der Waals surface area contributed by atoms with Crippen molar-refractivity contribution in [3.8, 4) is 0 Å². The summed E-state index contributed by atoms with van der Waals surface area (Å²) in [6.45, 7) is 6.02. The Morgan fingerprint density at radius 2 is 1.95 bits per heavy atom. The van der Waals surface area contributed by atoms with Crippen LogP contribution in [-0.4, -0.2) is 34.3 Å². The lowest BCUT2D eigenvalue weighted by Crippen LogP contribution is -2.42. The molecule has 0 spiro atoms. The van der Waals surface area contributed by atoms with Crippen molar-refractivity contribution in [2.75, 3.05) is 6.54 Å². The van der Waals surface area contributed by atoms with E-state index in [1.165, 1.54) is 4.90 Å². The van der Waals surface area contributed by atoms with Crippen molar-refractivity contribution in [3.63, 3.8) is 0 Å². The Kier molecular flexibility index (Phi) is 4.40. The third kappa shape index (κ3) is 2.83. The number of carbonyl (C=O) groups is 3. The SMILES string of the molecule is CC(C)C1(C)CC(=O)N(CC2CCCCC2C(=O)O)C1=O. The van der Waals surface area contributed by atoms with Gasteiger partial charge in [-0.05, 0) is 31.6 Å². The molecule has 1 saturated carbocycles. The molecule has 21 heavy (non-hydrogen) atoms. The molecule has 2 fully saturated rings. The summed E-state index contributed by atoms with van der Waals surface area (Å²) >= 11 is 0. The Morgan fingerprint density at radius 3 is 2.48 bits per heavy atom. The zero-order valence-corrected chi connectivity index (χ0v) is 13.1. The fraction of sp³-hybridized carbons (Fsp3) is 0.812. The first-order chi connectivity index (χ1) is 9.77. The molecule has 118 valence electrons. The minimum absolute atomic E-state index is 0.0978. The van der Waals surface area contributed by atoms with Crippen molar-refractivity contribution in [2.24, 2.45) is 23.2 Å². The molecule has 0 radical (unpaired) electrons. The number of hydrogen-bond donors (Lipinski definition) is 1. The molecule has 0 aromatic rings. The number of likely N-dealkylation sites (tertiary alicyclic amines) is 1. The number of nitrogens with zero attached hydrogens (tertiary/aromatic N) is 1. The zero-order chi connectivity index (χ0) is 15.8. The minimum Gasteiger partial charge on any atom is -0.481 e. The highest BCUT2D eigenvalue weighted by Crippen LogP contribution is 2.41. The molecule has 1 aliphatic carbocycles. The molecule has 1 N–H and O–H groups in total. The summed E-state index contributed by atoms with van der Waals surface area (Å²) in [4.78, 5) is 37.5. The largest absolute Gasteiger partial charge is 0.481 e. The van der Waals surface area contributed by atoms with Crippen LogP contribution in [0.3, 0.4) is 0 Å². The van der Waals surface area contributed by atoms with Crippen LogP contribution in [0.4, 0.5) is 0 Å². The summed E-state index contributed by atoms with van der Waals surface area (Å²) in [5.74, 6) is -1.50. The average Bonchev–Trinajstić information content (AvgIpc) is 2.64. The van der Waals surface area contributed by atoms with Crippen LogP contribution in [-0.2, 0) is 14.4 Å². The molecule has 1 aliphatic heterocycles. The van der Waals surface area contributed by atoms with E-state index in [0.29, 0.717) is 6.42 Å². The van der Waals surface area contributed by atoms with Crippen LogP contribution in [0, 0.1) is 23.2 Å². The van der Waals surface area contributed by atoms with Crippen LogP contribution >= 0.6 is 0 Å². The van der Waals surface area contributed by atoms with Crippen molar-refractivity contribution in [1.29, 1.82) is 0 Å². The number of amides is 2. The molecule has 1 saturated heterocycles. The van der Waals surface area contributed by atoms with Gasteiger partial charge in [0.15, 0.2) is 0 Å². The Balaban J connectivity index is 2.13. The van der Waals surface area contributed by atoms with E-state index in [1.54, 1.807) is 0 Å². The first kappa shape index (κ1) is 16.0. The second-order valence-electron chi connectivity index (χ2n) is 7.05. The fourth-order valence-corrected chi connectivity index (χ4v) is 3.53. The van der Waals surface area contributed by atoms with Crippen molar-refractivity contribution < 1.29 is 19.5 Å². The van der Waals surface area contributed by atoms with Gasteiger partial charge >= 0.3 is 5.97 Å². The number of imide groups is 1. The van der Waals surface area contributed by atoms with E-state index in [1.807, 2.05) is 20.8 Å². The lowest BCUT2D eigenvalue weighted by atomic mass is 9.77. The second kappa shape index (κ2) is 5.78. The molecule has 3 unspecified atom stereocenters. The molecule has 3 atom stereocenters. The zero-order valence-electron chi connectivity index (χ0n) is 13.1. The van der Waals surface area contributed by atoms with E-state index in [4.69, 9.17) is 0 Å². The maximum Gasteiger partial charge on any atom is 0.306 e. The number of carboxylic acids is 1. The van der Waals surface area contributed by atoms with Crippen LogP contribution in [0.15, 0.2) is 0 Å². The van der Waals surface area contributed by atoms with E-state index in [0.717, 1.165) is 19.3 Å². The molecular weight excluding hydrogens is 270 g/mol. The highest BCUT2D eigenvalue weighted by atomic mass is 16.4. The van der Waals surface area contributed by atoms with Crippen LogP contribution in [0.1, 0.15) is 52.9 Å². The van der Waals surface area contributed by atoms with E-state index in [9.17, 15) is 19.5 Å². The smallest absolute Gasteiger partial charge is 0.306 e. The lowest BCUT2D eigenvalue weighted by molar-refractivity contribution is -0.149. The van der Waals surface area contributed by atoms with Crippen LogP contribution in [0.2, 0.25) is 0 Å². The molecule has 2 amide bonds. The molecule has 0 aromatic heterocycles. The Morgan fingerprint density at radius 1 is 1.33 bits per heavy atom. The maximum atomic E-state index is 12.6. The van der Waals surface area contributed by atoms with E-state index in [-0.39, 0.29) is 36.6 Å². The van der Waals surface area contributed by atoms with Crippen LogP contribution < -0.4 is 0 Å². The van der Waals surface area contributed by atoms with E-state index < -0.39 is 17.3 Å². The molecule has 5 nitrogen and oxygen atoms in total. The minimum atomic E-state index is -0.801. The fourth-order valence-electron chi connectivity index (χ4n) is 3.53. The van der Waals surface area contributed by atoms with Gasteiger partial charge in [0, 0.05) is 13.0 Å². The van der Waals surface area contributed by atoms with Crippen LogP contribution in [0.25, 0.3) is 0 Å². The van der Waals surface area contributed by atoms with Gasteiger partial charge in [0.1, 0.15) is 0 Å². The molecular formula is C16H25NO4. The van der Waals surface area contributed by atoms with Gasteiger partial charge in [0.2, 0.25) is 11.8 Å². The molecule has 0 bridgehead atoms. The van der Waals surface area contributed by atoms with Gasteiger partial charge in [-0.25, -0.2) is 0 Å². The van der Waals surface area contributed by atoms with E-state index in [2.05, 4.69) is 0 Å². The average molecular weight is 295 g/mol. The highest BCUT2D eigenvalue weighted by molar-refractivity contribution is 6.05. The van der Waals surface area contributed by atoms with Gasteiger partial charge in [-0.3, -0.25) is 19.3 Å². The lowest BCUT2D eigenvalue weighted by Gasteiger charge is -2.32. The summed E-state index contributed by atoms with van der Waals surface area (Å²) < 4.78 is 0. The Hall–Kier alpha value is -1.39. The van der Waals surface area contributed by atoms with Crippen molar-refractivity contribution in [1.82, 2.24) is 4.90 Å². The number of hydrogen-bond acceptors (Lipinski definition) is 3. The van der Waals surface area contributed by atoms with Gasteiger partial charge in [-0.1, -0.05) is 26.7 Å². The highest BCUT2D eigenvalue weighted by Gasteiger charge is 2.50. The molecule has 2 aliphatic rings. The molecule has 2 rings (SSSR count). The quantitative estimate of drug-likeness (QED) is 0.808. The predicted molar refractivity (Wildman–Crippen MR) is 77.4 cm³/mol.